The molecule has 1 aromatic carbocycles. The molecule has 28 heavy (non-hydrogen) atoms. The Hall–Kier alpha value is -2.91. The van der Waals surface area contributed by atoms with Gasteiger partial charge >= 0.3 is 12.1 Å². The van der Waals surface area contributed by atoms with Gasteiger partial charge in [0.15, 0.2) is 0 Å². The maximum absolute atomic E-state index is 12.7. The molecule has 3 rings (SSSR count). The van der Waals surface area contributed by atoms with Crippen LogP contribution in [0, 0.1) is 12.8 Å². The molecule has 2 aromatic rings. The van der Waals surface area contributed by atoms with Crippen LogP contribution in [0.3, 0.4) is 0 Å². The lowest BCUT2D eigenvalue weighted by Gasteiger charge is -2.32. The molecule has 0 saturated carbocycles. The number of halogens is 3. The van der Waals surface area contributed by atoms with Crippen LogP contribution < -0.4 is 5.32 Å². The zero-order chi connectivity index (χ0) is 20.3. The summed E-state index contributed by atoms with van der Waals surface area (Å²) in [5, 5.41) is 10.6. The molecular formula is C18H19F3N4O3. The molecule has 1 unspecified atom stereocenters. The van der Waals surface area contributed by atoms with Crippen LogP contribution in [0.25, 0.3) is 0 Å². The van der Waals surface area contributed by atoms with Crippen molar-refractivity contribution in [1.29, 1.82) is 0 Å². The molecular weight excluding hydrogens is 377 g/mol. The number of alkyl halides is 3. The Bertz CT molecular complexity index is 830. The molecule has 0 aliphatic carbocycles. The summed E-state index contributed by atoms with van der Waals surface area (Å²) in [4.78, 5) is 24.8. The minimum Gasteiger partial charge on any atom is -0.423 e. The molecule has 1 atom stereocenters. The van der Waals surface area contributed by atoms with Crippen LogP contribution in [-0.4, -0.2) is 46.2 Å². The molecule has 1 fully saturated rings. The van der Waals surface area contributed by atoms with Crippen LogP contribution >= 0.6 is 0 Å². The number of benzene rings is 1. The van der Waals surface area contributed by atoms with Gasteiger partial charge in [-0.3, -0.25) is 9.59 Å². The van der Waals surface area contributed by atoms with Crippen LogP contribution in [0.5, 0.6) is 0 Å². The number of amides is 2. The van der Waals surface area contributed by atoms with Crippen LogP contribution in [0.4, 0.5) is 13.2 Å². The highest BCUT2D eigenvalue weighted by Gasteiger charge is 2.43. The van der Waals surface area contributed by atoms with Gasteiger partial charge in [0, 0.05) is 25.9 Å². The van der Waals surface area contributed by atoms with E-state index in [4.69, 9.17) is 4.42 Å². The first kappa shape index (κ1) is 19.8. The number of nitrogens with one attached hydrogen (secondary N) is 1. The summed E-state index contributed by atoms with van der Waals surface area (Å²) in [6.07, 6.45) is -4.60. The molecule has 2 heterocycles. The first-order chi connectivity index (χ1) is 13.3. The topological polar surface area (TPSA) is 88.3 Å². The van der Waals surface area contributed by atoms with Crippen LogP contribution in [-0.2, 0) is 9.59 Å². The minimum atomic E-state index is -4.90. The third kappa shape index (κ3) is 4.49. The van der Waals surface area contributed by atoms with Gasteiger partial charge in [0.05, 0.1) is 0 Å². The average Bonchev–Trinajstić information content (AvgIpc) is 3.11. The lowest BCUT2D eigenvalue weighted by Crippen LogP contribution is -2.47. The highest BCUT2D eigenvalue weighted by molar-refractivity contribution is 5.83. The van der Waals surface area contributed by atoms with Gasteiger partial charge in [0.1, 0.15) is 6.04 Å². The Morgan fingerprint density at radius 3 is 2.36 bits per heavy atom. The van der Waals surface area contributed by atoms with Crippen molar-refractivity contribution in [3.05, 3.63) is 47.7 Å². The standard InChI is InChI=1S/C18H19F3N4O3/c1-11-23-24-16(28-11)14(12-5-3-2-4-6-12)22-15(26)13-7-9-25(10-8-13)17(27)18(19,20)21/h2-6,13-14H,7-10H2,1H3,(H,22,26). The molecule has 1 saturated heterocycles. The van der Waals surface area contributed by atoms with Crippen molar-refractivity contribution in [1.82, 2.24) is 20.4 Å². The predicted octanol–water partition coefficient (Wildman–Crippen LogP) is 2.38. The third-order valence-corrected chi connectivity index (χ3v) is 4.60. The van der Waals surface area contributed by atoms with E-state index in [2.05, 4.69) is 15.5 Å². The van der Waals surface area contributed by atoms with E-state index >= 15 is 0 Å². The smallest absolute Gasteiger partial charge is 0.423 e. The van der Waals surface area contributed by atoms with Crippen molar-refractivity contribution in [2.45, 2.75) is 32.0 Å². The summed E-state index contributed by atoms with van der Waals surface area (Å²) in [6.45, 7) is 1.39. The predicted molar refractivity (Wildman–Crippen MR) is 90.8 cm³/mol. The highest BCUT2D eigenvalue weighted by atomic mass is 19.4. The van der Waals surface area contributed by atoms with Crippen molar-refractivity contribution >= 4 is 11.8 Å². The quantitative estimate of drug-likeness (QED) is 0.857. The van der Waals surface area contributed by atoms with E-state index in [1.165, 1.54) is 0 Å². The molecule has 0 radical (unpaired) electrons. The second kappa shape index (κ2) is 7.99. The monoisotopic (exact) mass is 396 g/mol. The SMILES string of the molecule is Cc1nnc(C(NC(=O)C2CCN(C(=O)C(F)(F)F)CC2)c2ccccc2)o1. The van der Waals surface area contributed by atoms with E-state index in [9.17, 15) is 22.8 Å². The lowest BCUT2D eigenvalue weighted by molar-refractivity contribution is -0.186. The molecule has 0 bridgehead atoms. The third-order valence-electron chi connectivity index (χ3n) is 4.60. The van der Waals surface area contributed by atoms with E-state index in [0.717, 1.165) is 10.5 Å². The number of nitrogens with zero attached hydrogens (tertiary/aromatic N) is 3. The molecule has 7 nitrogen and oxygen atoms in total. The van der Waals surface area contributed by atoms with E-state index < -0.39 is 24.0 Å². The summed E-state index contributed by atoms with van der Waals surface area (Å²) in [6, 6.07) is 8.38. The number of hydrogen-bond acceptors (Lipinski definition) is 5. The number of piperidine rings is 1. The van der Waals surface area contributed by atoms with Gasteiger partial charge < -0.3 is 14.6 Å². The molecule has 1 aliphatic rings. The summed E-state index contributed by atoms with van der Waals surface area (Å²) in [5.74, 6) is -2.13. The summed E-state index contributed by atoms with van der Waals surface area (Å²) >= 11 is 0. The molecule has 0 spiro atoms. The maximum Gasteiger partial charge on any atom is 0.471 e. The van der Waals surface area contributed by atoms with Gasteiger partial charge in [-0.25, -0.2) is 0 Å². The van der Waals surface area contributed by atoms with E-state index in [1.807, 2.05) is 6.07 Å². The summed E-state index contributed by atoms with van der Waals surface area (Å²) < 4.78 is 43.1. The van der Waals surface area contributed by atoms with E-state index in [0.29, 0.717) is 5.89 Å². The number of carbonyl (C=O) groups is 2. The Balaban J connectivity index is 1.67. The van der Waals surface area contributed by atoms with Crippen molar-refractivity contribution in [2.75, 3.05) is 13.1 Å². The molecule has 10 heteroatoms. The van der Waals surface area contributed by atoms with Gasteiger partial charge in [-0.05, 0) is 18.4 Å². The maximum atomic E-state index is 12.7. The molecule has 1 aliphatic heterocycles. The molecule has 150 valence electrons. The number of aryl methyl sites for hydroxylation is 1. The fourth-order valence-corrected chi connectivity index (χ4v) is 3.15. The second-order valence-corrected chi connectivity index (χ2v) is 6.58. The van der Waals surface area contributed by atoms with Crippen molar-refractivity contribution in [2.24, 2.45) is 5.92 Å². The number of carbonyl (C=O) groups excluding carboxylic acids is 2. The fraction of sp³-hybridized carbons (Fsp3) is 0.444. The van der Waals surface area contributed by atoms with Gasteiger partial charge in [-0.2, -0.15) is 13.2 Å². The zero-order valence-electron chi connectivity index (χ0n) is 15.1. The zero-order valence-corrected chi connectivity index (χ0v) is 15.1. The fourth-order valence-electron chi connectivity index (χ4n) is 3.15. The summed E-state index contributed by atoms with van der Waals surface area (Å²) in [5.41, 5.74) is 0.740. The molecule has 1 aromatic heterocycles. The van der Waals surface area contributed by atoms with Crippen LogP contribution in [0.15, 0.2) is 34.7 Å². The van der Waals surface area contributed by atoms with Crippen molar-refractivity contribution in [3.63, 3.8) is 0 Å². The Morgan fingerprint density at radius 2 is 1.82 bits per heavy atom. The Kier molecular flexibility index (Phi) is 5.66. The largest absolute Gasteiger partial charge is 0.471 e. The van der Waals surface area contributed by atoms with Gasteiger partial charge in [-0.15, -0.1) is 10.2 Å². The Morgan fingerprint density at radius 1 is 1.18 bits per heavy atom. The molecule has 1 N–H and O–H groups in total. The van der Waals surface area contributed by atoms with Crippen molar-refractivity contribution in [3.8, 4) is 0 Å². The van der Waals surface area contributed by atoms with Gasteiger partial charge in [0.25, 0.3) is 0 Å². The summed E-state index contributed by atoms with van der Waals surface area (Å²) in [7, 11) is 0. The number of aromatic nitrogens is 2. The normalized spacial score (nSPS) is 16.6. The van der Waals surface area contributed by atoms with Crippen LogP contribution in [0.1, 0.15) is 36.2 Å². The highest BCUT2D eigenvalue weighted by Crippen LogP contribution is 2.26. The average molecular weight is 396 g/mol. The van der Waals surface area contributed by atoms with E-state index in [1.54, 1.807) is 31.2 Å². The van der Waals surface area contributed by atoms with Crippen LogP contribution in [0.2, 0.25) is 0 Å². The van der Waals surface area contributed by atoms with Crippen molar-refractivity contribution < 1.29 is 27.2 Å². The number of rotatable bonds is 4. The Labute approximate surface area is 158 Å². The second-order valence-electron chi connectivity index (χ2n) is 6.58. The van der Waals surface area contributed by atoms with E-state index in [-0.39, 0.29) is 37.7 Å². The lowest BCUT2D eigenvalue weighted by atomic mass is 9.95. The van der Waals surface area contributed by atoms with Gasteiger partial charge in [0.2, 0.25) is 17.7 Å². The molecule has 2 amide bonds. The number of likely N-dealkylation sites (tertiary alicyclic amines) is 1. The number of hydrogen-bond donors (Lipinski definition) is 1. The first-order valence-electron chi connectivity index (χ1n) is 8.77. The minimum absolute atomic E-state index is 0.119. The van der Waals surface area contributed by atoms with Gasteiger partial charge in [-0.1, -0.05) is 30.3 Å². The first-order valence-corrected chi connectivity index (χ1v) is 8.77.